The van der Waals surface area contributed by atoms with Crippen LogP contribution in [0.15, 0.2) is 17.0 Å². The van der Waals surface area contributed by atoms with Crippen molar-refractivity contribution in [3.8, 4) is 17.6 Å². The van der Waals surface area contributed by atoms with Gasteiger partial charge in [-0.1, -0.05) is 53.7 Å². The smallest absolute Gasteiger partial charge is 0.341 e. The van der Waals surface area contributed by atoms with Gasteiger partial charge in [-0.05, 0) is 41.4 Å². The highest BCUT2D eigenvalue weighted by molar-refractivity contribution is 7.87. The molecule has 1 aliphatic heterocycles. The highest BCUT2D eigenvalue weighted by Gasteiger charge is 2.31. The van der Waals surface area contributed by atoms with E-state index in [0.29, 0.717) is 30.8 Å². The molecule has 1 fully saturated rings. The number of rotatable bonds is 9. The molecule has 0 radical (unpaired) electrons. The third-order valence-electron chi connectivity index (χ3n) is 6.43. The molecule has 4 rings (SSSR count). The minimum Gasteiger partial charge on any atom is -0.477 e. The van der Waals surface area contributed by atoms with Crippen LogP contribution >= 0.6 is 0 Å². The van der Waals surface area contributed by atoms with E-state index < -0.39 is 10.1 Å². The Balaban J connectivity index is 1.87. The van der Waals surface area contributed by atoms with Gasteiger partial charge in [-0.2, -0.15) is 23.4 Å². The van der Waals surface area contributed by atoms with Gasteiger partial charge in [0, 0.05) is 6.42 Å². The third kappa shape index (κ3) is 5.68. The number of benzene rings is 1. The highest BCUT2D eigenvalue weighted by atomic mass is 32.2. The first-order valence-electron chi connectivity index (χ1n) is 12.9. The Morgan fingerprint density at radius 1 is 0.895 bits per heavy atom. The molecule has 38 heavy (non-hydrogen) atoms. The SMILES string of the molecule is COc1nc2nc(C)nc(OS(=O)(=O)c3c(C(C)C)cc(C(C)C)cc3C(C)C)c2nc1O[C@H]1CCOC1. The number of hydrogen-bond acceptors (Lipinski definition) is 10. The molecule has 0 saturated carbocycles. The van der Waals surface area contributed by atoms with E-state index in [-0.39, 0.29) is 63.4 Å². The van der Waals surface area contributed by atoms with E-state index in [1.54, 1.807) is 6.92 Å². The molecule has 1 aliphatic rings. The van der Waals surface area contributed by atoms with Crippen molar-refractivity contribution < 1.29 is 26.8 Å². The van der Waals surface area contributed by atoms with Crippen LogP contribution < -0.4 is 13.7 Å². The molecule has 2 aromatic heterocycles. The van der Waals surface area contributed by atoms with Crippen molar-refractivity contribution in [3.63, 3.8) is 0 Å². The van der Waals surface area contributed by atoms with Crippen LogP contribution in [0.1, 0.15) is 88.2 Å². The maximum atomic E-state index is 14.0. The summed E-state index contributed by atoms with van der Waals surface area (Å²) in [6.45, 7) is 14.7. The molecule has 0 spiro atoms. The van der Waals surface area contributed by atoms with Crippen LogP contribution in [0.4, 0.5) is 0 Å². The summed E-state index contributed by atoms with van der Waals surface area (Å²) in [4.78, 5) is 17.7. The number of fused-ring (bicyclic) bond motifs is 1. The quantitative estimate of drug-likeness (QED) is 0.338. The Kier molecular flexibility index (Phi) is 8.08. The summed E-state index contributed by atoms with van der Waals surface area (Å²) in [6, 6.07) is 3.92. The van der Waals surface area contributed by atoms with Gasteiger partial charge in [-0.3, -0.25) is 0 Å². The summed E-state index contributed by atoms with van der Waals surface area (Å²) in [5.74, 6) is 0.419. The van der Waals surface area contributed by atoms with Crippen LogP contribution in [0.3, 0.4) is 0 Å². The number of hydrogen-bond donors (Lipinski definition) is 0. The van der Waals surface area contributed by atoms with Crippen LogP contribution in [-0.2, 0) is 14.9 Å². The molecule has 3 aromatic rings. The Hall–Kier alpha value is -3.05. The van der Waals surface area contributed by atoms with Crippen molar-refractivity contribution in [1.82, 2.24) is 19.9 Å². The largest absolute Gasteiger partial charge is 0.477 e. The maximum Gasteiger partial charge on any atom is 0.341 e. The number of nitrogens with zero attached hydrogens (tertiary/aromatic N) is 4. The molecule has 206 valence electrons. The summed E-state index contributed by atoms with van der Waals surface area (Å²) in [7, 11) is -2.87. The Bertz CT molecular complexity index is 1400. The Labute approximate surface area is 224 Å². The van der Waals surface area contributed by atoms with Crippen molar-refractivity contribution in [2.24, 2.45) is 0 Å². The summed E-state index contributed by atoms with van der Waals surface area (Å²) in [5, 5.41) is 0. The van der Waals surface area contributed by atoms with Crippen LogP contribution in [0, 0.1) is 6.92 Å². The zero-order chi connectivity index (χ0) is 27.8. The van der Waals surface area contributed by atoms with E-state index in [9.17, 15) is 8.42 Å². The number of aryl methyl sites for hydroxylation is 1. The fourth-order valence-corrected chi connectivity index (χ4v) is 5.93. The summed E-state index contributed by atoms with van der Waals surface area (Å²) in [5.41, 5.74) is 2.68. The number of ether oxygens (including phenoxy) is 3. The molecule has 0 bridgehead atoms. The average molecular weight is 545 g/mol. The minimum atomic E-state index is -4.32. The second-order valence-electron chi connectivity index (χ2n) is 10.4. The molecular weight excluding hydrogens is 508 g/mol. The summed E-state index contributed by atoms with van der Waals surface area (Å²) in [6.07, 6.45) is 0.463. The zero-order valence-electron chi connectivity index (χ0n) is 23.2. The van der Waals surface area contributed by atoms with Gasteiger partial charge in [0.1, 0.15) is 16.8 Å². The van der Waals surface area contributed by atoms with E-state index in [4.69, 9.17) is 18.4 Å². The predicted octanol–water partition coefficient (Wildman–Crippen LogP) is 5.04. The topological polar surface area (TPSA) is 123 Å². The second kappa shape index (κ2) is 11.0. The first kappa shape index (κ1) is 28.0. The molecule has 0 N–H and O–H groups in total. The van der Waals surface area contributed by atoms with Crippen LogP contribution in [-0.4, -0.2) is 54.8 Å². The molecule has 0 aliphatic carbocycles. The summed E-state index contributed by atoms with van der Waals surface area (Å²) >= 11 is 0. The van der Waals surface area contributed by atoms with Gasteiger partial charge in [0.25, 0.3) is 17.6 Å². The van der Waals surface area contributed by atoms with Gasteiger partial charge in [0.15, 0.2) is 11.2 Å². The second-order valence-corrected chi connectivity index (χ2v) is 11.9. The molecule has 0 amide bonds. The van der Waals surface area contributed by atoms with Crippen LogP contribution in [0.25, 0.3) is 11.2 Å². The third-order valence-corrected chi connectivity index (χ3v) is 7.78. The fourth-order valence-electron chi connectivity index (χ4n) is 4.35. The predicted molar refractivity (Wildman–Crippen MR) is 143 cm³/mol. The lowest BCUT2D eigenvalue weighted by molar-refractivity contribution is 0.134. The van der Waals surface area contributed by atoms with E-state index in [2.05, 4.69) is 33.8 Å². The van der Waals surface area contributed by atoms with Gasteiger partial charge in [-0.25, -0.2) is 4.98 Å². The number of methoxy groups -OCH3 is 1. The lowest BCUT2D eigenvalue weighted by Gasteiger charge is -2.22. The van der Waals surface area contributed by atoms with E-state index in [1.807, 2.05) is 39.8 Å². The van der Waals surface area contributed by atoms with Gasteiger partial charge in [-0.15, -0.1) is 0 Å². The molecule has 1 aromatic carbocycles. The van der Waals surface area contributed by atoms with Crippen LogP contribution in [0.2, 0.25) is 0 Å². The van der Waals surface area contributed by atoms with Gasteiger partial charge >= 0.3 is 10.1 Å². The van der Waals surface area contributed by atoms with Gasteiger partial charge < -0.3 is 18.4 Å². The molecule has 1 saturated heterocycles. The average Bonchev–Trinajstić information content (AvgIpc) is 3.35. The minimum absolute atomic E-state index is 0.0545. The number of aromatic nitrogens is 4. The lowest BCUT2D eigenvalue weighted by atomic mass is 9.89. The standard InChI is InChI=1S/C27H36N4O6S/c1-14(2)18-11-20(15(3)4)23(21(12-18)16(5)6)38(32,33)37-25-22-24(28-17(7)29-25)31-26(34-8)27(30-22)36-19-9-10-35-13-19/h11-12,14-16,19H,9-10,13H2,1-8H3/t19-/m0/s1. The molecule has 0 unspecified atom stereocenters. The Morgan fingerprint density at radius 3 is 2.08 bits per heavy atom. The molecule has 1 atom stereocenters. The van der Waals surface area contributed by atoms with Crippen molar-refractivity contribution in [2.45, 2.75) is 83.6 Å². The van der Waals surface area contributed by atoms with Crippen LogP contribution in [0.5, 0.6) is 17.6 Å². The first-order valence-corrected chi connectivity index (χ1v) is 14.3. The lowest BCUT2D eigenvalue weighted by Crippen LogP contribution is -2.19. The molecule has 3 heterocycles. The normalized spacial score (nSPS) is 16.1. The molecule has 10 nitrogen and oxygen atoms in total. The Morgan fingerprint density at radius 2 is 1.55 bits per heavy atom. The van der Waals surface area contributed by atoms with Gasteiger partial charge in [0.05, 0.1) is 20.3 Å². The summed E-state index contributed by atoms with van der Waals surface area (Å²) < 4.78 is 50.4. The molecule has 11 heteroatoms. The fraction of sp³-hybridized carbons (Fsp3) is 0.556. The maximum absolute atomic E-state index is 14.0. The van der Waals surface area contributed by atoms with Gasteiger partial charge in [0.2, 0.25) is 0 Å². The van der Waals surface area contributed by atoms with E-state index in [1.165, 1.54) is 7.11 Å². The zero-order valence-corrected chi connectivity index (χ0v) is 24.0. The van der Waals surface area contributed by atoms with Crippen molar-refractivity contribution in [2.75, 3.05) is 20.3 Å². The van der Waals surface area contributed by atoms with E-state index >= 15 is 0 Å². The van der Waals surface area contributed by atoms with E-state index in [0.717, 1.165) is 5.56 Å². The first-order chi connectivity index (χ1) is 17.9. The van der Waals surface area contributed by atoms with Crippen molar-refractivity contribution >= 4 is 21.3 Å². The molecular formula is C27H36N4O6S. The van der Waals surface area contributed by atoms with Crippen molar-refractivity contribution in [3.05, 3.63) is 34.6 Å². The monoisotopic (exact) mass is 544 g/mol. The highest BCUT2D eigenvalue weighted by Crippen LogP contribution is 2.37. The van der Waals surface area contributed by atoms with Crippen molar-refractivity contribution in [1.29, 1.82) is 0 Å².